The van der Waals surface area contributed by atoms with Crippen molar-refractivity contribution in [3.05, 3.63) is 23.8 Å². The maximum Gasteiger partial charge on any atom is 0.317 e. The van der Waals surface area contributed by atoms with Crippen molar-refractivity contribution >= 4 is 11.8 Å². The van der Waals surface area contributed by atoms with Crippen LogP contribution >= 0.6 is 0 Å². The molecule has 0 unspecified atom stereocenters. The standard InChI is InChI=1S/C13H12O5/c14-11(13(3-4-13)12(15)16)8-1-2-9-10(7-8)18-6-5-17-9/h1-2,7H,3-6H2,(H,15,16). The van der Waals surface area contributed by atoms with E-state index in [9.17, 15) is 9.59 Å². The van der Waals surface area contributed by atoms with Crippen LogP contribution in [0.2, 0.25) is 0 Å². The number of Topliss-reactive ketones (excluding diaryl/α,β-unsaturated/α-hetero) is 1. The van der Waals surface area contributed by atoms with Gasteiger partial charge in [-0.15, -0.1) is 0 Å². The van der Waals surface area contributed by atoms with Crippen LogP contribution in [0.1, 0.15) is 23.2 Å². The molecule has 0 spiro atoms. The lowest BCUT2D eigenvalue weighted by molar-refractivity contribution is -0.141. The number of hydrogen-bond acceptors (Lipinski definition) is 4. The van der Waals surface area contributed by atoms with Gasteiger partial charge >= 0.3 is 5.97 Å². The molecule has 2 aliphatic rings. The van der Waals surface area contributed by atoms with Crippen LogP contribution in [-0.2, 0) is 4.79 Å². The Morgan fingerprint density at radius 2 is 1.78 bits per heavy atom. The Balaban J connectivity index is 1.93. The number of rotatable bonds is 3. The molecular formula is C13H12O5. The fraction of sp³-hybridized carbons (Fsp3) is 0.385. The summed E-state index contributed by atoms with van der Waals surface area (Å²) in [7, 11) is 0. The molecule has 3 rings (SSSR count). The number of carbonyl (C=O) groups is 2. The van der Waals surface area contributed by atoms with E-state index in [0.29, 0.717) is 43.1 Å². The van der Waals surface area contributed by atoms with Gasteiger partial charge in [0.2, 0.25) is 0 Å². The molecule has 1 aliphatic heterocycles. The second-order valence-electron chi connectivity index (χ2n) is 4.57. The quantitative estimate of drug-likeness (QED) is 0.648. The average Bonchev–Trinajstić information content (AvgIpc) is 3.19. The Morgan fingerprint density at radius 1 is 1.11 bits per heavy atom. The Labute approximate surface area is 103 Å². The molecule has 0 atom stereocenters. The summed E-state index contributed by atoms with van der Waals surface area (Å²) in [6.45, 7) is 0.925. The summed E-state index contributed by atoms with van der Waals surface area (Å²) in [4.78, 5) is 23.3. The van der Waals surface area contributed by atoms with Crippen molar-refractivity contribution < 1.29 is 24.2 Å². The van der Waals surface area contributed by atoms with Crippen LogP contribution in [-0.4, -0.2) is 30.1 Å². The van der Waals surface area contributed by atoms with Crippen LogP contribution in [0.4, 0.5) is 0 Å². The highest BCUT2D eigenvalue weighted by atomic mass is 16.6. The molecule has 1 aromatic rings. The number of carboxylic acids is 1. The van der Waals surface area contributed by atoms with Crippen LogP contribution in [0, 0.1) is 5.41 Å². The molecule has 94 valence electrons. The Bertz CT molecular complexity index is 530. The zero-order valence-electron chi connectivity index (χ0n) is 9.64. The van der Waals surface area contributed by atoms with Gasteiger partial charge in [0.15, 0.2) is 17.3 Å². The third-order valence-corrected chi connectivity index (χ3v) is 3.40. The second-order valence-corrected chi connectivity index (χ2v) is 4.57. The molecule has 0 bridgehead atoms. The first-order valence-corrected chi connectivity index (χ1v) is 5.81. The minimum Gasteiger partial charge on any atom is -0.486 e. The van der Waals surface area contributed by atoms with Gasteiger partial charge in [0.1, 0.15) is 18.6 Å². The van der Waals surface area contributed by atoms with Crippen molar-refractivity contribution in [1.82, 2.24) is 0 Å². The molecule has 1 heterocycles. The highest BCUT2D eigenvalue weighted by molar-refractivity contribution is 6.14. The van der Waals surface area contributed by atoms with E-state index in [4.69, 9.17) is 14.6 Å². The summed E-state index contributed by atoms with van der Waals surface area (Å²) in [5, 5.41) is 9.10. The summed E-state index contributed by atoms with van der Waals surface area (Å²) < 4.78 is 10.7. The summed E-state index contributed by atoms with van der Waals surface area (Å²) in [6, 6.07) is 4.82. The molecule has 0 aromatic heterocycles. The lowest BCUT2D eigenvalue weighted by Gasteiger charge is -2.19. The normalized spacial score (nSPS) is 19.1. The van der Waals surface area contributed by atoms with Crippen LogP contribution in [0.5, 0.6) is 11.5 Å². The largest absolute Gasteiger partial charge is 0.486 e. The summed E-state index contributed by atoms with van der Waals surface area (Å²) in [6.07, 6.45) is 0.825. The highest BCUT2D eigenvalue weighted by Gasteiger charge is 2.56. The molecule has 1 saturated carbocycles. The molecule has 1 aromatic carbocycles. The zero-order chi connectivity index (χ0) is 12.8. The second kappa shape index (κ2) is 3.73. The van der Waals surface area contributed by atoms with Crippen molar-refractivity contribution in [2.24, 2.45) is 5.41 Å². The first kappa shape index (κ1) is 11.1. The number of carbonyl (C=O) groups excluding carboxylic acids is 1. The molecule has 0 amide bonds. The lowest BCUT2D eigenvalue weighted by atomic mass is 9.94. The van der Waals surface area contributed by atoms with Crippen molar-refractivity contribution in [3.63, 3.8) is 0 Å². The minimum absolute atomic E-state index is 0.341. The van der Waals surface area contributed by atoms with Crippen molar-refractivity contribution in [1.29, 1.82) is 0 Å². The van der Waals surface area contributed by atoms with E-state index in [0.717, 1.165) is 0 Å². The number of hydrogen-bond donors (Lipinski definition) is 1. The van der Waals surface area contributed by atoms with Crippen LogP contribution in [0.25, 0.3) is 0 Å². The van der Waals surface area contributed by atoms with Crippen molar-refractivity contribution in [2.75, 3.05) is 13.2 Å². The van der Waals surface area contributed by atoms with E-state index in [1.165, 1.54) is 0 Å². The van der Waals surface area contributed by atoms with Gasteiger partial charge in [-0.1, -0.05) is 0 Å². The van der Waals surface area contributed by atoms with Gasteiger partial charge in [-0.05, 0) is 31.0 Å². The van der Waals surface area contributed by atoms with Gasteiger partial charge in [0.25, 0.3) is 0 Å². The number of ketones is 1. The van der Waals surface area contributed by atoms with E-state index in [2.05, 4.69) is 0 Å². The molecule has 0 saturated heterocycles. The van der Waals surface area contributed by atoms with E-state index >= 15 is 0 Å². The summed E-state index contributed by atoms with van der Waals surface area (Å²) in [5.41, 5.74) is -0.830. The van der Waals surface area contributed by atoms with Gasteiger partial charge in [0.05, 0.1) is 0 Å². The molecule has 1 N–H and O–H groups in total. The number of ether oxygens (including phenoxy) is 2. The number of carboxylic acid groups (broad SMARTS) is 1. The summed E-state index contributed by atoms with van der Waals surface area (Å²) >= 11 is 0. The first-order chi connectivity index (χ1) is 8.63. The van der Waals surface area contributed by atoms with Crippen LogP contribution in [0.3, 0.4) is 0 Å². The van der Waals surface area contributed by atoms with Gasteiger partial charge in [-0.25, -0.2) is 0 Å². The minimum atomic E-state index is -1.20. The van der Waals surface area contributed by atoms with Crippen molar-refractivity contribution in [2.45, 2.75) is 12.8 Å². The third-order valence-electron chi connectivity index (χ3n) is 3.40. The predicted octanol–water partition coefficient (Wildman–Crippen LogP) is 1.51. The predicted molar refractivity (Wildman–Crippen MR) is 61.1 cm³/mol. The maximum atomic E-state index is 12.2. The molecule has 5 heteroatoms. The zero-order valence-corrected chi connectivity index (χ0v) is 9.64. The SMILES string of the molecule is O=C(O)C1(C(=O)c2ccc3c(c2)OCCO3)CC1. The molecule has 5 nitrogen and oxygen atoms in total. The van der Waals surface area contributed by atoms with E-state index in [-0.39, 0.29) is 5.78 Å². The topological polar surface area (TPSA) is 72.8 Å². The van der Waals surface area contributed by atoms with Gasteiger partial charge in [0, 0.05) is 5.56 Å². The molecular weight excluding hydrogens is 236 g/mol. The maximum absolute atomic E-state index is 12.2. The first-order valence-electron chi connectivity index (χ1n) is 5.81. The number of fused-ring (bicyclic) bond motifs is 1. The summed E-state index contributed by atoms with van der Waals surface area (Å²) in [5.74, 6) is -0.277. The van der Waals surface area contributed by atoms with Gasteiger partial charge in [-0.2, -0.15) is 0 Å². The van der Waals surface area contributed by atoms with Crippen LogP contribution < -0.4 is 9.47 Å². The average molecular weight is 248 g/mol. The smallest absolute Gasteiger partial charge is 0.317 e. The van der Waals surface area contributed by atoms with Gasteiger partial charge < -0.3 is 14.6 Å². The van der Waals surface area contributed by atoms with Crippen LogP contribution in [0.15, 0.2) is 18.2 Å². The van der Waals surface area contributed by atoms with Crippen molar-refractivity contribution in [3.8, 4) is 11.5 Å². The lowest BCUT2D eigenvalue weighted by Crippen LogP contribution is -2.25. The molecule has 1 aliphatic carbocycles. The molecule has 0 radical (unpaired) electrons. The number of aliphatic carboxylic acids is 1. The van der Waals surface area contributed by atoms with E-state index in [1.807, 2.05) is 0 Å². The Kier molecular flexibility index (Phi) is 2.29. The Hall–Kier alpha value is -2.04. The molecule has 18 heavy (non-hydrogen) atoms. The fourth-order valence-electron chi connectivity index (χ4n) is 2.12. The van der Waals surface area contributed by atoms with E-state index in [1.54, 1.807) is 18.2 Å². The van der Waals surface area contributed by atoms with Gasteiger partial charge in [-0.3, -0.25) is 9.59 Å². The monoisotopic (exact) mass is 248 g/mol. The molecule has 1 fully saturated rings. The van der Waals surface area contributed by atoms with E-state index < -0.39 is 11.4 Å². The highest BCUT2D eigenvalue weighted by Crippen LogP contribution is 2.49. The fourth-order valence-corrected chi connectivity index (χ4v) is 2.12. The number of benzene rings is 1. The Morgan fingerprint density at radius 3 is 2.39 bits per heavy atom. The third kappa shape index (κ3) is 1.54.